The first-order chi connectivity index (χ1) is 11.7. The molecule has 0 radical (unpaired) electrons. The van der Waals surface area contributed by atoms with Gasteiger partial charge in [0.25, 0.3) is 0 Å². The van der Waals surface area contributed by atoms with Crippen molar-refractivity contribution in [2.45, 2.75) is 6.92 Å². The van der Waals surface area contributed by atoms with Gasteiger partial charge in [0.15, 0.2) is 0 Å². The van der Waals surface area contributed by atoms with Crippen molar-refractivity contribution in [3.63, 3.8) is 0 Å². The number of rotatable bonds is 3. The molecule has 0 saturated heterocycles. The van der Waals surface area contributed by atoms with E-state index in [2.05, 4.69) is 95.7 Å². The van der Waals surface area contributed by atoms with Crippen molar-refractivity contribution >= 4 is 29.8 Å². The Bertz CT molecular complexity index is 634. The normalized spacial score (nSPS) is 9.79. The Morgan fingerprint density at radius 3 is 1.12 bits per heavy atom. The molecule has 0 aliphatic rings. The van der Waals surface area contributed by atoms with Crippen LogP contribution in [0.1, 0.15) is 6.92 Å². The third kappa shape index (κ3) is 5.33. The van der Waals surface area contributed by atoms with Gasteiger partial charge in [-0.1, -0.05) is 91.0 Å². The fourth-order valence-corrected chi connectivity index (χ4v) is 4.48. The van der Waals surface area contributed by atoms with Crippen molar-refractivity contribution in [2.24, 2.45) is 0 Å². The molecule has 3 aromatic rings. The average Bonchev–Trinajstić information content (AvgIpc) is 2.65. The number of ether oxygens (including phenoxy) is 1. The van der Waals surface area contributed by atoms with Gasteiger partial charge in [0.05, 0.1) is 7.11 Å². The van der Waals surface area contributed by atoms with E-state index >= 15 is 0 Å². The highest BCUT2D eigenvalue weighted by Crippen LogP contribution is 2.32. The molecule has 2 nitrogen and oxygen atoms in total. The Labute approximate surface area is 144 Å². The molecular weight excluding hydrogens is 315 g/mol. The molecule has 0 aromatic heterocycles. The van der Waals surface area contributed by atoms with Gasteiger partial charge in [0, 0.05) is 6.92 Å². The molecule has 0 unspecified atom stereocenters. The molecule has 0 aliphatic carbocycles. The van der Waals surface area contributed by atoms with Gasteiger partial charge in [-0.05, 0) is 23.8 Å². The lowest BCUT2D eigenvalue weighted by atomic mass is 10.4. The fourth-order valence-electron chi connectivity index (χ4n) is 2.18. The largest absolute Gasteiger partial charge is 0.469 e. The first-order valence-electron chi connectivity index (χ1n) is 7.72. The molecule has 3 rings (SSSR count). The molecular formula is C21H21O2P. The van der Waals surface area contributed by atoms with E-state index in [4.69, 9.17) is 0 Å². The molecule has 0 bridgehead atoms. The zero-order valence-corrected chi connectivity index (χ0v) is 14.8. The lowest BCUT2D eigenvalue weighted by Crippen LogP contribution is -2.20. The summed E-state index contributed by atoms with van der Waals surface area (Å²) in [5.74, 6) is -0.245. The van der Waals surface area contributed by atoms with Crippen LogP contribution >= 0.6 is 7.92 Å². The van der Waals surface area contributed by atoms with Gasteiger partial charge in [-0.3, -0.25) is 4.79 Å². The molecule has 0 amide bonds. The van der Waals surface area contributed by atoms with Gasteiger partial charge < -0.3 is 4.74 Å². The van der Waals surface area contributed by atoms with Gasteiger partial charge in [-0.15, -0.1) is 0 Å². The summed E-state index contributed by atoms with van der Waals surface area (Å²) in [6, 6.07) is 32.3. The summed E-state index contributed by atoms with van der Waals surface area (Å²) in [4.78, 5) is 9.59. The van der Waals surface area contributed by atoms with Crippen LogP contribution in [0.3, 0.4) is 0 Å². The van der Waals surface area contributed by atoms with Gasteiger partial charge in [0.1, 0.15) is 0 Å². The summed E-state index contributed by atoms with van der Waals surface area (Å²) in [5, 5.41) is 4.19. The molecule has 0 aliphatic heterocycles. The summed E-state index contributed by atoms with van der Waals surface area (Å²) in [6.07, 6.45) is 0. The second-order valence-electron chi connectivity index (χ2n) is 5.04. The number of hydrogen-bond acceptors (Lipinski definition) is 2. The van der Waals surface area contributed by atoms with Crippen LogP contribution in [0.4, 0.5) is 0 Å². The second kappa shape index (κ2) is 9.64. The molecule has 3 aromatic carbocycles. The third-order valence-corrected chi connectivity index (χ3v) is 5.77. The zero-order valence-electron chi connectivity index (χ0n) is 13.9. The van der Waals surface area contributed by atoms with E-state index in [1.165, 1.54) is 29.9 Å². The maximum atomic E-state index is 9.59. The van der Waals surface area contributed by atoms with E-state index in [0.29, 0.717) is 0 Å². The van der Waals surface area contributed by atoms with E-state index in [9.17, 15) is 4.79 Å². The van der Waals surface area contributed by atoms with Crippen LogP contribution < -0.4 is 15.9 Å². The van der Waals surface area contributed by atoms with Crippen molar-refractivity contribution in [3.05, 3.63) is 91.0 Å². The molecule has 3 heteroatoms. The topological polar surface area (TPSA) is 26.3 Å². The Balaban J connectivity index is 0.000000368. The van der Waals surface area contributed by atoms with E-state index in [-0.39, 0.29) is 5.97 Å². The lowest BCUT2D eigenvalue weighted by Gasteiger charge is -2.18. The summed E-state index contributed by atoms with van der Waals surface area (Å²) in [7, 11) is 0.904. The monoisotopic (exact) mass is 336 g/mol. The predicted molar refractivity (Wildman–Crippen MR) is 103 cm³/mol. The number of carbonyl (C=O) groups is 1. The number of hydrogen-bond donors (Lipinski definition) is 0. The zero-order chi connectivity index (χ0) is 17.2. The molecule has 122 valence electrons. The lowest BCUT2D eigenvalue weighted by molar-refractivity contribution is -0.137. The molecule has 0 atom stereocenters. The third-order valence-electron chi connectivity index (χ3n) is 3.33. The van der Waals surface area contributed by atoms with Crippen LogP contribution in [-0.2, 0) is 9.53 Å². The number of carbonyl (C=O) groups excluding carboxylic acids is 1. The van der Waals surface area contributed by atoms with E-state index in [0.717, 1.165) is 0 Å². The Kier molecular flexibility index (Phi) is 7.20. The quantitative estimate of drug-likeness (QED) is 0.539. The van der Waals surface area contributed by atoms with Crippen LogP contribution in [0, 0.1) is 0 Å². The highest BCUT2D eigenvalue weighted by molar-refractivity contribution is 7.79. The Morgan fingerprint density at radius 2 is 0.917 bits per heavy atom. The second-order valence-corrected chi connectivity index (χ2v) is 7.26. The minimum atomic E-state index is -0.446. The summed E-state index contributed by atoms with van der Waals surface area (Å²) in [5.41, 5.74) is 0. The smallest absolute Gasteiger partial charge is 0.302 e. The van der Waals surface area contributed by atoms with Gasteiger partial charge in [-0.25, -0.2) is 0 Å². The van der Waals surface area contributed by atoms with Crippen molar-refractivity contribution in [2.75, 3.05) is 7.11 Å². The van der Waals surface area contributed by atoms with Crippen LogP contribution in [-0.4, -0.2) is 13.1 Å². The minimum Gasteiger partial charge on any atom is -0.469 e. The molecule has 0 N–H and O–H groups in total. The van der Waals surface area contributed by atoms with Crippen molar-refractivity contribution in [3.8, 4) is 0 Å². The van der Waals surface area contributed by atoms with E-state index in [1.807, 2.05) is 0 Å². The number of benzene rings is 3. The molecule has 24 heavy (non-hydrogen) atoms. The van der Waals surface area contributed by atoms with Crippen molar-refractivity contribution < 1.29 is 9.53 Å². The summed E-state index contributed by atoms with van der Waals surface area (Å²) >= 11 is 0. The highest BCUT2D eigenvalue weighted by atomic mass is 31.1. The Hall–Kier alpha value is -2.44. The summed E-state index contributed by atoms with van der Waals surface area (Å²) in [6.45, 7) is 1.36. The molecule has 0 spiro atoms. The van der Waals surface area contributed by atoms with Crippen LogP contribution in [0.15, 0.2) is 91.0 Å². The van der Waals surface area contributed by atoms with Gasteiger partial charge >= 0.3 is 5.97 Å². The van der Waals surface area contributed by atoms with Crippen molar-refractivity contribution in [1.82, 2.24) is 0 Å². The fraction of sp³-hybridized carbons (Fsp3) is 0.0952. The van der Waals surface area contributed by atoms with E-state index < -0.39 is 7.92 Å². The van der Waals surface area contributed by atoms with Crippen LogP contribution in [0.5, 0.6) is 0 Å². The maximum Gasteiger partial charge on any atom is 0.302 e. The van der Waals surface area contributed by atoms with Gasteiger partial charge in [0.2, 0.25) is 0 Å². The molecule has 0 heterocycles. The number of methoxy groups -OCH3 is 1. The molecule has 0 fully saturated rings. The Morgan fingerprint density at radius 1 is 0.667 bits per heavy atom. The first-order valence-corrected chi connectivity index (χ1v) is 9.06. The predicted octanol–water partition coefficient (Wildman–Crippen LogP) is 3.62. The van der Waals surface area contributed by atoms with E-state index in [1.54, 1.807) is 0 Å². The average molecular weight is 336 g/mol. The number of esters is 1. The minimum absolute atomic E-state index is 0.245. The SMILES string of the molecule is COC(C)=O.c1ccc(P(c2ccccc2)c2ccccc2)cc1. The maximum absolute atomic E-state index is 9.59. The highest BCUT2D eigenvalue weighted by Gasteiger charge is 2.14. The van der Waals surface area contributed by atoms with Crippen LogP contribution in [0.2, 0.25) is 0 Å². The van der Waals surface area contributed by atoms with Gasteiger partial charge in [-0.2, -0.15) is 0 Å². The standard InChI is InChI=1S/C18H15P.C3H6O2/c1-4-10-16(11-5-1)19(17-12-6-2-7-13-17)18-14-8-3-9-15-18;1-3(4)5-2/h1-15H;1-2H3. The molecule has 0 saturated carbocycles. The van der Waals surface area contributed by atoms with Crippen LogP contribution in [0.25, 0.3) is 0 Å². The van der Waals surface area contributed by atoms with Crippen molar-refractivity contribution in [1.29, 1.82) is 0 Å². The first kappa shape index (κ1) is 17.9. The summed E-state index contributed by atoms with van der Waals surface area (Å²) < 4.78 is 4.11.